The Balaban J connectivity index is 3.29. The van der Waals surface area contributed by atoms with Crippen LogP contribution >= 0.6 is 0 Å². The van der Waals surface area contributed by atoms with Gasteiger partial charge in [0.1, 0.15) is 0 Å². The molecule has 1 N–H and O–H groups in total. The summed E-state index contributed by atoms with van der Waals surface area (Å²) in [7, 11) is 0. The molecule has 0 aliphatic heterocycles. The highest BCUT2D eigenvalue weighted by atomic mass is 16.2. The van der Waals surface area contributed by atoms with Crippen molar-refractivity contribution in [3.05, 3.63) is 11.6 Å². The molecule has 1 radical (unpaired) electrons. The van der Waals surface area contributed by atoms with Crippen molar-refractivity contribution in [2.45, 2.75) is 26.2 Å². The number of allylic oxidation sites excluding steroid dienone is 2. The minimum absolute atomic E-state index is 0.234. The highest BCUT2D eigenvalue weighted by Gasteiger charge is 1.88. The van der Waals surface area contributed by atoms with Gasteiger partial charge in [-0.05, 0) is 32.3 Å². The lowest BCUT2D eigenvalue weighted by molar-refractivity contribution is 0.284. The number of hydrogen-bond donors (Lipinski definition) is 1. The molecule has 10 heavy (non-hydrogen) atoms. The summed E-state index contributed by atoms with van der Waals surface area (Å²) in [4.78, 5) is 9.80. The Hall–Kier alpha value is -0.630. The van der Waals surface area contributed by atoms with Crippen LogP contribution in [0.15, 0.2) is 11.6 Å². The number of aliphatic hydroxyl groups is 1. The number of hydrogen-bond acceptors (Lipinski definition) is 2. The van der Waals surface area contributed by atoms with Crippen molar-refractivity contribution in [3.8, 4) is 0 Å². The predicted molar refractivity (Wildman–Crippen MR) is 40.4 cm³/mol. The number of unbranched alkanes of at least 4 members (excludes halogenated alkanes) is 1. The van der Waals surface area contributed by atoms with E-state index in [4.69, 9.17) is 5.11 Å². The van der Waals surface area contributed by atoms with Crippen LogP contribution in [0.4, 0.5) is 0 Å². The van der Waals surface area contributed by atoms with E-state index in [0.717, 1.165) is 24.8 Å². The molecule has 0 aliphatic carbocycles. The van der Waals surface area contributed by atoms with Crippen LogP contribution in [-0.4, -0.2) is 18.0 Å². The molecule has 0 saturated carbocycles. The fraction of sp³-hybridized carbons (Fsp3) is 0.625. The normalized spacial score (nSPS) is 11.6. The van der Waals surface area contributed by atoms with Crippen LogP contribution in [0.2, 0.25) is 0 Å². The smallest absolute Gasteiger partial charge is 0.225 e. The van der Waals surface area contributed by atoms with Crippen LogP contribution in [0, 0.1) is 0 Å². The van der Waals surface area contributed by atoms with Crippen molar-refractivity contribution in [3.63, 3.8) is 0 Å². The van der Waals surface area contributed by atoms with Crippen molar-refractivity contribution in [2.24, 2.45) is 0 Å². The lowest BCUT2D eigenvalue weighted by Gasteiger charge is -1.96. The van der Waals surface area contributed by atoms with Gasteiger partial charge in [0.15, 0.2) is 0 Å². The van der Waals surface area contributed by atoms with Crippen LogP contribution in [0.3, 0.4) is 0 Å². The van der Waals surface area contributed by atoms with Crippen LogP contribution < -0.4 is 0 Å². The molecular weight excluding hydrogens is 128 g/mol. The van der Waals surface area contributed by atoms with Gasteiger partial charge in [0.25, 0.3) is 0 Å². The largest absolute Gasteiger partial charge is 0.396 e. The zero-order valence-corrected chi connectivity index (χ0v) is 6.26. The third kappa shape index (κ3) is 5.51. The summed E-state index contributed by atoms with van der Waals surface area (Å²) >= 11 is 0. The van der Waals surface area contributed by atoms with Gasteiger partial charge < -0.3 is 5.11 Å². The third-order valence-electron chi connectivity index (χ3n) is 1.28. The monoisotopic (exact) mass is 141 g/mol. The van der Waals surface area contributed by atoms with Gasteiger partial charge in [0.2, 0.25) is 6.29 Å². The average Bonchev–Trinajstić information content (AvgIpc) is 1.89. The maximum atomic E-state index is 9.80. The molecule has 2 heteroatoms. The molecule has 0 aromatic heterocycles. The molecule has 0 spiro atoms. The quantitative estimate of drug-likeness (QED) is 0.461. The minimum Gasteiger partial charge on any atom is -0.396 e. The van der Waals surface area contributed by atoms with Crippen LogP contribution in [0.1, 0.15) is 26.2 Å². The van der Waals surface area contributed by atoms with Gasteiger partial charge in [-0.3, -0.25) is 4.79 Å². The zero-order chi connectivity index (χ0) is 7.82. The second-order valence-electron chi connectivity index (χ2n) is 2.29. The highest BCUT2D eigenvalue weighted by molar-refractivity contribution is 5.66. The van der Waals surface area contributed by atoms with Crippen molar-refractivity contribution in [2.75, 3.05) is 6.61 Å². The fourth-order valence-corrected chi connectivity index (χ4v) is 0.688. The molecule has 0 bridgehead atoms. The fourth-order valence-electron chi connectivity index (χ4n) is 0.688. The molecule has 2 nitrogen and oxygen atoms in total. The minimum atomic E-state index is 0.234. The Morgan fingerprint density at radius 1 is 1.60 bits per heavy atom. The topological polar surface area (TPSA) is 37.3 Å². The molecule has 0 rings (SSSR count). The number of carbonyl (C=O) groups excluding carboxylic acids is 1. The number of aliphatic hydroxyl groups excluding tert-OH is 1. The summed E-state index contributed by atoms with van der Waals surface area (Å²) in [6, 6.07) is 0. The first-order valence-electron chi connectivity index (χ1n) is 3.45. The summed E-state index contributed by atoms with van der Waals surface area (Å²) in [6.07, 6.45) is 5.80. The van der Waals surface area contributed by atoms with Gasteiger partial charge in [0, 0.05) is 6.61 Å². The van der Waals surface area contributed by atoms with E-state index in [1.54, 1.807) is 6.29 Å². The van der Waals surface area contributed by atoms with E-state index in [2.05, 4.69) is 0 Å². The first kappa shape index (κ1) is 9.37. The Morgan fingerprint density at radius 2 is 2.30 bits per heavy atom. The van der Waals surface area contributed by atoms with Crippen LogP contribution in [-0.2, 0) is 4.79 Å². The molecule has 0 aromatic rings. The SMILES string of the molecule is CC(=C[C]=O)CCCCO. The maximum absolute atomic E-state index is 9.80. The summed E-state index contributed by atoms with van der Waals surface area (Å²) in [6.45, 7) is 2.13. The highest BCUT2D eigenvalue weighted by Crippen LogP contribution is 2.04. The molecule has 0 amide bonds. The van der Waals surface area contributed by atoms with Gasteiger partial charge in [0.05, 0.1) is 0 Å². The summed E-state index contributed by atoms with van der Waals surface area (Å²) < 4.78 is 0. The van der Waals surface area contributed by atoms with Crippen molar-refractivity contribution in [1.82, 2.24) is 0 Å². The van der Waals surface area contributed by atoms with E-state index in [-0.39, 0.29) is 6.61 Å². The van der Waals surface area contributed by atoms with Crippen molar-refractivity contribution in [1.29, 1.82) is 0 Å². The summed E-state index contributed by atoms with van der Waals surface area (Å²) in [5.74, 6) is 0. The first-order chi connectivity index (χ1) is 4.81. The number of rotatable bonds is 5. The molecule has 0 fully saturated rings. The molecule has 0 heterocycles. The Kier molecular flexibility index (Phi) is 6.08. The first-order valence-corrected chi connectivity index (χ1v) is 3.45. The molecule has 0 unspecified atom stereocenters. The van der Waals surface area contributed by atoms with Crippen molar-refractivity contribution >= 4 is 6.29 Å². The Labute approximate surface area is 61.6 Å². The van der Waals surface area contributed by atoms with Gasteiger partial charge in [-0.15, -0.1) is 0 Å². The van der Waals surface area contributed by atoms with E-state index in [1.165, 1.54) is 6.08 Å². The molecule has 0 aliphatic rings. The van der Waals surface area contributed by atoms with Gasteiger partial charge in [-0.1, -0.05) is 5.57 Å². The van der Waals surface area contributed by atoms with Gasteiger partial charge in [-0.2, -0.15) is 0 Å². The standard InChI is InChI=1S/C8H13O2/c1-8(5-7-10)4-2-3-6-9/h5,9H,2-4,6H2,1H3. The molecular formula is C8H13O2. The van der Waals surface area contributed by atoms with E-state index in [0.29, 0.717) is 0 Å². The van der Waals surface area contributed by atoms with E-state index < -0.39 is 0 Å². The third-order valence-corrected chi connectivity index (χ3v) is 1.28. The lowest BCUT2D eigenvalue weighted by Crippen LogP contribution is -1.84. The Bertz CT molecular complexity index is 116. The second-order valence-corrected chi connectivity index (χ2v) is 2.29. The van der Waals surface area contributed by atoms with Crippen LogP contribution in [0.5, 0.6) is 0 Å². The summed E-state index contributed by atoms with van der Waals surface area (Å²) in [5.41, 5.74) is 1.03. The van der Waals surface area contributed by atoms with Gasteiger partial charge >= 0.3 is 0 Å². The average molecular weight is 141 g/mol. The van der Waals surface area contributed by atoms with Crippen molar-refractivity contribution < 1.29 is 9.90 Å². The Morgan fingerprint density at radius 3 is 2.80 bits per heavy atom. The predicted octanol–water partition coefficient (Wildman–Crippen LogP) is 1.20. The second kappa shape index (κ2) is 6.49. The zero-order valence-electron chi connectivity index (χ0n) is 6.26. The van der Waals surface area contributed by atoms with Crippen LogP contribution in [0.25, 0.3) is 0 Å². The molecule has 0 aromatic carbocycles. The maximum Gasteiger partial charge on any atom is 0.225 e. The van der Waals surface area contributed by atoms with E-state index >= 15 is 0 Å². The van der Waals surface area contributed by atoms with E-state index in [9.17, 15) is 4.79 Å². The molecule has 0 atom stereocenters. The lowest BCUT2D eigenvalue weighted by atomic mass is 10.1. The summed E-state index contributed by atoms with van der Waals surface area (Å²) in [5, 5.41) is 8.41. The van der Waals surface area contributed by atoms with E-state index in [1.807, 2.05) is 6.92 Å². The molecule has 0 saturated heterocycles. The molecule has 57 valence electrons. The van der Waals surface area contributed by atoms with Gasteiger partial charge in [-0.25, -0.2) is 0 Å².